The number of nitrogens with zero attached hydrogens (tertiary/aromatic N) is 1. The van der Waals surface area contributed by atoms with E-state index < -0.39 is 8.07 Å². The zero-order valence-electron chi connectivity index (χ0n) is 24.7. The molecule has 0 saturated heterocycles. The van der Waals surface area contributed by atoms with Crippen LogP contribution in [0.1, 0.15) is 43.9 Å². The second-order valence-corrected chi connectivity index (χ2v) is 18.4. The summed E-state index contributed by atoms with van der Waals surface area (Å²) in [5.41, 5.74) is 8.38. The number of aryl methyl sites for hydroxylation is 2. The lowest BCUT2D eigenvalue weighted by molar-refractivity contribution is 0.475. The smallest absolute Gasteiger partial charge is 0.0784 e. The highest BCUT2D eigenvalue weighted by atomic mass is 28.3. The van der Waals surface area contributed by atoms with Crippen LogP contribution in [0.3, 0.4) is 0 Å². The molecule has 0 spiro atoms. The predicted octanol–water partition coefficient (Wildman–Crippen LogP) is 10.4. The molecule has 0 aliphatic heterocycles. The molecule has 0 unspecified atom stereocenters. The van der Waals surface area contributed by atoms with E-state index in [1.165, 1.54) is 72.5 Å². The monoisotopic (exact) mass is 537 g/mol. The van der Waals surface area contributed by atoms with E-state index in [0.717, 1.165) is 12.8 Å². The van der Waals surface area contributed by atoms with Crippen molar-refractivity contribution >= 4 is 62.6 Å². The van der Waals surface area contributed by atoms with Crippen molar-refractivity contribution in [1.29, 1.82) is 0 Å². The SMILES string of the molecule is CCc1cc([Si](C)(C)C)c2ccc3c(N(c4ccccc4)c4ccccc4)cc4c5c(cc1c2c35)C(C)(C)CC4. The van der Waals surface area contributed by atoms with Crippen molar-refractivity contribution in [2.75, 3.05) is 4.90 Å². The normalized spacial score (nSPS) is 14.8. The molecule has 2 heteroatoms. The summed E-state index contributed by atoms with van der Waals surface area (Å²) in [5.74, 6) is 0. The van der Waals surface area contributed by atoms with Gasteiger partial charge in [-0.15, -0.1) is 0 Å². The van der Waals surface area contributed by atoms with E-state index in [1.54, 1.807) is 5.19 Å². The minimum absolute atomic E-state index is 0.155. The van der Waals surface area contributed by atoms with Crippen LogP contribution in [0, 0.1) is 0 Å². The van der Waals surface area contributed by atoms with Crippen molar-refractivity contribution in [1.82, 2.24) is 0 Å². The molecule has 6 aromatic rings. The van der Waals surface area contributed by atoms with Gasteiger partial charge in [0.15, 0.2) is 0 Å². The van der Waals surface area contributed by atoms with E-state index in [1.807, 2.05) is 0 Å². The minimum Gasteiger partial charge on any atom is -0.310 e. The molecule has 0 heterocycles. The molecule has 0 fully saturated rings. The lowest BCUT2D eigenvalue weighted by atomic mass is 9.70. The van der Waals surface area contributed by atoms with Gasteiger partial charge in [0.05, 0.1) is 13.8 Å². The molecule has 0 aromatic heterocycles. The first-order valence-corrected chi connectivity index (χ1v) is 18.4. The van der Waals surface area contributed by atoms with Gasteiger partial charge in [0.2, 0.25) is 0 Å². The average Bonchev–Trinajstić information content (AvgIpc) is 2.95. The van der Waals surface area contributed by atoms with E-state index in [4.69, 9.17) is 0 Å². The number of benzene rings is 6. The average molecular weight is 538 g/mol. The Labute approximate surface area is 239 Å². The molecule has 0 bridgehead atoms. The standard InChI is InChI=1S/C38H39NSi/c1-7-25-23-34(40(4,5)6)30-19-18-29-33(39(27-14-10-8-11-15-27)28-16-12-9-13-17-28)22-26-20-21-38(2,3)32-24-31(25)36(30)37(29)35(26)32/h8-19,22-24H,7,20-21H2,1-6H3. The molecule has 40 heavy (non-hydrogen) atoms. The summed E-state index contributed by atoms with van der Waals surface area (Å²) in [6, 6.07) is 34.3. The van der Waals surface area contributed by atoms with Gasteiger partial charge >= 0.3 is 0 Å². The lowest BCUT2D eigenvalue weighted by Crippen LogP contribution is -2.38. The van der Waals surface area contributed by atoms with Gasteiger partial charge < -0.3 is 4.90 Å². The summed E-state index contributed by atoms with van der Waals surface area (Å²) >= 11 is 0. The maximum Gasteiger partial charge on any atom is 0.0784 e. The molecule has 0 radical (unpaired) electrons. The van der Waals surface area contributed by atoms with Gasteiger partial charge in [-0.05, 0) is 99.3 Å². The van der Waals surface area contributed by atoms with E-state index in [-0.39, 0.29) is 5.41 Å². The van der Waals surface area contributed by atoms with Gasteiger partial charge in [0, 0.05) is 22.1 Å². The van der Waals surface area contributed by atoms with Crippen LogP contribution in [-0.2, 0) is 18.3 Å². The van der Waals surface area contributed by atoms with Crippen LogP contribution < -0.4 is 10.1 Å². The molecule has 7 rings (SSSR count). The van der Waals surface area contributed by atoms with Crippen molar-refractivity contribution in [3.05, 3.63) is 108 Å². The molecule has 6 aromatic carbocycles. The second kappa shape index (κ2) is 8.94. The molecular weight excluding hydrogens is 499 g/mol. The molecule has 0 amide bonds. The molecule has 200 valence electrons. The Morgan fingerprint density at radius 1 is 0.700 bits per heavy atom. The largest absolute Gasteiger partial charge is 0.310 e. The first-order chi connectivity index (χ1) is 19.2. The molecule has 1 aliphatic carbocycles. The third kappa shape index (κ3) is 3.73. The highest BCUT2D eigenvalue weighted by Crippen LogP contribution is 2.51. The van der Waals surface area contributed by atoms with Crippen LogP contribution in [0.25, 0.3) is 32.3 Å². The van der Waals surface area contributed by atoms with Gasteiger partial charge in [0.25, 0.3) is 0 Å². The van der Waals surface area contributed by atoms with Gasteiger partial charge in [-0.2, -0.15) is 0 Å². The van der Waals surface area contributed by atoms with E-state index in [2.05, 4.69) is 136 Å². The van der Waals surface area contributed by atoms with Gasteiger partial charge in [-0.1, -0.05) is 100 Å². The van der Waals surface area contributed by atoms with Crippen molar-refractivity contribution in [2.45, 2.75) is 65.1 Å². The summed E-state index contributed by atoms with van der Waals surface area (Å²) in [6.07, 6.45) is 3.35. The summed E-state index contributed by atoms with van der Waals surface area (Å²) < 4.78 is 0. The van der Waals surface area contributed by atoms with Crippen LogP contribution in [0.2, 0.25) is 19.6 Å². The van der Waals surface area contributed by atoms with Crippen LogP contribution in [0.15, 0.2) is 91.0 Å². The highest BCUT2D eigenvalue weighted by molar-refractivity contribution is 6.90. The zero-order valence-corrected chi connectivity index (χ0v) is 25.7. The summed E-state index contributed by atoms with van der Waals surface area (Å²) in [7, 11) is -1.57. The number of anilines is 3. The topological polar surface area (TPSA) is 3.24 Å². The zero-order chi connectivity index (χ0) is 27.8. The van der Waals surface area contributed by atoms with Crippen LogP contribution in [0.4, 0.5) is 17.1 Å². The minimum atomic E-state index is -1.57. The maximum atomic E-state index is 2.59. The maximum absolute atomic E-state index is 2.59. The van der Waals surface area contributed by atoms with Crippen LogP contribution >= 0.6 is 0 Å². The quantitative estimate of drug-likeness (QED) is 0.156. The molecule has 1 aliphatic rings. The number of para-hydroxylation sites is 2. The fourth-order valence-electron chi connectivity index (χ4n) is 7.23. The summed E-state index contributed by atoms with van der Waals surface area (Å²) in [5, 5.41) is 10.4. The highest BCUT2D eigenvalue weighted by Gasteiger charge is 2.33. The Hall–Kier alpha value is -3.62. The molecule has 0 N–H and O–H groups in total. The fraction of sp³-hybridized carbons (Fsp3) is 0.263. The predicted molar refractivity (Wildman–Crippen MR) is 179 cm³/mol. The van der Waals surface area contributed by atoms with Crippen LogP contribution in [0.5, 0.6) is 0 Å². The van der Waals surface area contributed by atoms with Gasteiger partial charge in [0.1, 0.15) is 0 Å². The van der Waals surface area contributed by atoms with Crippen molar-refractivity contribution < 1.29 is 0 Å². The molecule has 0 atom stereocenters. The van der Waals surface area contributed by atoms with Crippen molar-refractivity contribution in [3.8, 4) is 0 Å². The Kier molecular flexibility index (Phi) is 5.67. The van der Waals surface area contributed by atoms with E-state index in [0.29, 0.717) is 0 Å². The third-order valence-electron chi connectivity index (χ3n) is 9.35. The number of hydrogen-bond acceptors (Lipinski definition) is 1. The second-order valence-electron chi connectivity index (χ2n) is 13.4. The first kappa shape index (κ1) is 25.4. The molecule has 1 nitrogen and oxygen atoms in total. The third-order valence-corrected chi connectivity index (χ3v) is 11.4. The lowest BCUT2D eigenvalue weighted by Gasteiger charge is -2.36. The first-order valence-electron chi connectivity index (χ1n) is 14.9. The van der Waals surface area contributed by atoms with E-state index in [9.17, 15) is 0 Å². The molecular formula is C38H39NSi. The Morgan fingerprint density at radius 3 is 1.93 bits per heavy atom. The van der Waals surface area contributed by atoms with Crippen molar-refractivity contribution in [3.63, 3.8) is 0 Å². The Balaban J connectivity index is 1.70. The van der Waals surface area contributed by atoms with Crippen molar-refractivity contribution in [2.24, 2.45) is 0 Å². The number of rotatable bonds is 5. The van der Waals surface area contributed by atoms with E-state index >= 15 is 0 Å². The Morgan fingerprint density at radius 2 is 1.32 bits per heavy atom. The molecule has 0 saturated carbocycles. The van der Waals surface area contributed by atoms with Crippen LogP contribution in [-0.4, -0.2) is 8.07 Å². The Bertz CT molecular complexity index is 1840. The van der Waals surface area contributed by atoms with Gasteiger partial charge in [-0.3, -0.25) is 0 Å². The summed E-state index contributed by atoms with van der Waals surface area (Å²) in [4.78, 5) is 2.47. The summed E-state index contributed by atoms with van der Waals surface area (Å²) in [6.45, 7) is 14.7. The fourth-order valence-corrected chi connectivity index (χ4v) is 8.85. The van der Waals surface area contributed by atoms with Gasteiger partial charge in [-0.25, -0.2) is 0 Å². The number of hydrogen-bond donors (Lipinski definition) is 0.